The Kier molecular flexibility index (Phi) is 6.87. The summed E-state index contributed by atoms with van der Waals surface area (Å²) in [4.78, 5) is 19.8. The van der Waals surface area contributed by atoms with Crippen LogP contribution in [-0.4, -0.2) is 48.6 Å². The van der Waals surface area contributed by atoms with E-state index in [9.17, 15) is 9.18 Å². The average Bonchev–Trinajstić information content (AvgIpc) is 2.79. The number of nitrogens with one attached hydrogen (secondary N) is 1. The predicted octanol–water partition coefficient (Wildman–Crippen LogP) is 3.75. The van der Waals surface area contributed by atoms with Crippen LogP contribution in [0.25, 0.3) is 0 Å². The second-order valence-corrected chi connectivity index (χ2v) is 8.06. The molecule has 3 heterocycles. The first-order valence-corrected chi connectivity index (χ1v) is 10.6. The van der Waals surface area contributed by atoms with E-state index in [1.54, 1.807) is 18.3 Å². The molecule has 6 heteroatoms. The molecule has 5 nitrogen and oxygen atoms in total. The summed E-state index contributed by atoms with van der Waals surface area (Å²) in [6.45, 7) is 4.34. The van der Waals surface area contributed by atoms with Crippen molar-refractivity contribution in [1.29, 1.82) is 0 Å². The summed E-state index contributed by atoms with van der Waals surface area (Å²) in [5, 5.41) is 3.14. The van der Waals surface area contributed by atoms with Gasteiger partial charge in [0.1, 0.15) is 5.82 Å². The fraction of sp³-hybridized carbons (Fsp3) is 0.417. The van der Waals surface area contributed by atoms with E-state index in [1.165, 1.54) is 17.7 Å². The highest BCUT2D eigenvalue weighted by atomic mass is 19.1. The third-order valence-corrected chi connectivity index (χ3v) is 5.80. The molecule has 0 aliphatic carbocycles. The molecule has 4 rings (SSSR count). The topological polar surface area (TPSA) is 54.5 Å². The summed E-state index contributed by atoms with van der Waals surface area (Å²) in [6, 6.07) is 11.3. The highest BCUT2D eigenvalue weighted by molar-refractivity contribution is 5.94. The Labute approximate surface area is 177 Å². The zero-order chi connectivity index (χ0) is 20.8. The van der Waals surface area contributed by atoms with Crippen LogP contribution in [0.15, 0.2) is 60.3 Å². The molecule has 1 aromatic carbocycles. The summed E-state index contributed by atoms with van der Waals surface area (Å²) in [5.74, 6) is -0.453. The number of nitrogens with zero attached hydrogens (tertiary/aromatic N) is 2. The molecular formula is C24H28FN3O2. The quantitative estimate of drug-likeness (QED) is 0.739. The minimum atomic E-state index is -0.413. The van der Waals surface area contributed by atoms with Crippen molar-refractivity contribution >= 4 is 5.91 Å². The molecule has 1 amide bonds. The molecule has 2 aliphatic heterocycles. The molecule has 30 heavy (non-hydrogen) atoms. The van der Waals surface area contributed by atoms with E-state index in [0.717, 1.165) is 51.2 Å². The van der Waals surface area contributed by atoms with Gasteiger partial charge in [-0.2, -0.15) is 0 Å². The molecule has 158 valence electrons. The van der Waals surface area contributed by atoms with Crippen molar-refractivity contribution in [3.05, 3.63) is 77.4 Å². The van der Waals surface area contributed by atoms with Gasteiger partial charge in [0.25, 0.3) is 5.91 Å². The van der Waals surface area contributed by atoms with E-state index >= 15 is 0 Å². The van der Waals surface area contributed by atoms with Crippen LogP contribution in [0.3, 0.4) is 0 Å². The minimum Gasteiger partial charge on any atom is -0.377 e. The number of carbonyl (C=O) groups is 1. The third kappa shape index (κ3) is 5.32. The molecule has 1 aromatic heterocycles. The lowest BCUT2D eigenvalue weighted by Crippen LogP contribution is -2.44. The molecule has 1 N–H and O–H groups in total. The van der Waals surface area contributed by atoms with E-state index in [0.29, 0.717) is 12.2 Å². The number of likely N-dealkylation sites (tertiary alicyclic amines) is 1. The Morgan fingerprint density at radius 2 is 2.23 bits per heavy atom. The van der Waals surface area contributed by atoms with Crippen molar-refractivity contribution in [3.8, 4) is 0 Å². The Morgan fingerprint density at radius 1 is 1.30 bits per heavy atom. The fourth-order valence-electron chi connectivity index (χ4n) is 4.36. The van der Waals surface area contributed by atoms with Crippen molar-refractivity contribution in [3.63, 3.8) is 0 Å². The molecule has 1 fully saturated rings. The number of ether oxygens (including phenoxy) is 1. The third-order valence-electron chi connectivity index (χ3n) is 5.80. The second kappa shape index (κ2) is 9.96. The first-order chi connectivity index (χ1) is 14.7. The Balaban J connectivity index is 1.50. The van der Waals surface area contributed by atoms with E-state index in [-0.39, 0.29) is 17.9 Å². The summed E-state index contributed by atoms with van der Waals surface area (Å²) >= 11 is 0. The summed E-state index contributed by atoms with van der Waals surface area (Å²) in [6.07, 6.45) is 7.10. The van der Waals surface area contributed by atoms with Gasteiger partial charge in [0, 0.05) is 24.8 Å². The molecule has 0 radical (unpaired) electrons. The van der Waals surface area contributed by atoms with Crippen LogP contribution >= 0.6 is 0 Å². The first-order valence-electron chi connectivity index (χ1n) is 10.6. The molecule has 0 saturated carbocycles. The average molecular weight is 410 g/mol. The van der Waals surface area contributed by atoms with E-state index in [2.05, 4.69) is 21.3 Å². The van der Waals surface area contributed by atoms with Crippen LogP contribution < -0.4 is 5.32 Å². The number of piperidine rings is 1. The number of aromatic nitrogens is 1. The fourth-order valence-corrected chi connectivity index (χ4v) is 4.36. The van der Waals surface area contributed by atoms with E-state index in [1.807, 2.05) is 18.2 Å². The van der Waals surface area contributed by atoms with Crippen molar-refractivity contribution < 1.29 is 13.9 Å². The van der Waals surface area contributed by atoms with Crippen LogP contribution in [0.4, 0.5) is 4.39 Å². The van der Waals surface area contributed by atoms with Gasteiger partial charge in [0.2, 0.25) is 0 Å². The Bertz CT molecular complexity index is 887. The van der Waals surface area contributed by atoms with Crippen LogP contribution in [0.5, 0.6) is 0 Å². The molecule has 0 unspecified atom stereocenters. The van der Waals surface area contributed by atoms with Crippen molar-refractivity contribution in [2.45, 2.75) is 25.3 Å². The number of hydrogen-bond acceptors (Lipinski definition) is 4. The van der Waals surface area contributed by atoms with Crippen molar-refractivity contribution in [1.82, 2.24) is 15.2 Å². The summed E-state index contributed by atoms with van der Waals surface area (Å²) in [7, 11) is 0. The van der Waals surface area contributed by atoms with Gasteiger partial charge in [-0.25, -0.2) is 4.39 Å². The van der Waals surface area contributed by atoms with Gasteiger partial charge in [0.15, 0.2) is 0 Å². The molecule has 2 atom stereocenters. The smallest absolute Gasteiger partial charge is 0.251 e. The van der Waals surface area contributed by atoms with Crippen molar-refractivity contribution in [2.24, 2.45) is 5.92 Å². The van der Waals surface area contributed by atoms with Gasteiger partial charge in [0.05, 0.1) is 24.9 Å². The molecular weight excluding hydrogens is 381 g/mol. The van der Waals surface area contributed by atoms with Gasteiger partial charge in [-0.3, -0.25) is 14.7 Å². The number of carbonyl (C=O) groups excluding carboxylic acids is 1. The maximum Gasteiger partial charge on any atom is 0.251 e. The largest absolute Gasteiger partial charge is 0.377 e. The van der Waals surface area contributed by atoms with E-state index < -0.39 is 5.82 Å². The van der Waals surface area contributed by atoms with Gasteiger partial charge in [-0.15, -0.1) is 0 Å². The zero-order valence-corrected chi connectivity index (χ0v) is 17.1. The van der Waals surface area contributed by atoms with Gasteiger partial charge in [-0.1, -0.05) is 18.2 Å². The summed E-state index contributed by atoms with van der Waals surface area (Å²) < 4.78 is 19.2. The van der Waals surface area contributed by atoms with Gasteiger partial charge < -0.3 is 10.1 Å². The first kappa shape index (κ1) is 20.7. The number of hydrogen-bond donors (Lipinski definition) is 1. The van der Waals surface area contributed by atoms with Crippen LogP contribution in [0, 0.1) is 11.7 Å². The summed E-state index contributed by atoms with van der Waals surface area (Å²) in [5.41, 5.74) is 2.50. The number of halogens is 1. The maximum atomic E-state index is 13.6. The predicted molar refractivity (Wildman–Crippen MR) is 114 cm³/mol. The molecule has 1 saturated heterocycles. The highest BCUT2D eigenvalue weighted by Crippen LogP contribution is 2.30. The normalized spacial score (nSPS) is 21.0. The lowest BCUT2D eigenvalue weighted by Gasteiger charge is -2.37. The monoisotopic (exact) mass is 409 g/mol. The zero-order valence-electron chi connectivity index (χ0n) is 17.1. The standard InChI is InChI=1S/C24H28FN3O2/c25-21-9-3-7-19(14-21)24(29)27-23(22-10-1-2-11-26-22)20-8-4-12-28(16-20)15-18-6-5-13-30-17-18/h1-3,6-7,9-11,14,20,23H,4-5,8,12-13,15-17H2,(H,27,29)/t20-,23+/m0/s1. The molecule has 2 aliphatic rings. The number of pyridine rings is 1. The maximum absolute atomic E-state index is 13.6. The number of amides is 1. The molecule has 0 bridgehead atoms. The van der Waals surface area contributed by atoms with Gasteiger partial charge >= 0.3 is 0 Å². The minimum absolute atomic E-state index is 0.221. The lowest BCUT2D eigenvalue weighted by atomic mass is 9.88. The highest BCUT2D eigenvalue weighted by Gasteiger charge is 2.31. The SMILES string of the molecule is O=C(N[C@@H](c1ccccn1)[C@H]1CCCN(CC2=CCCOC2)C1)c1cccc(F)c1. The molecule has 0 spiro atoms. The van der Waals surface area contributed by atoms with Crippen LogP contribution in [-0.2, 0) is 4.74 Å². The second-order valence-electron chi connectivity index (χ2n) is 8.06. The number of benzene rings is 1. The van der Waals surface area contributed by atoms with Crippen LogP contribution in [0.2, 0.25) is 0 Å². The van der Waals surface area contributed by atoms with Gasteiger partial charge in [-0.05, 0) is 67.6 Å². The van der Waals surface area contributed by atoms with E-state index in [4.69, 9.17) is 4.74 Å². The van der Waals surface area contributed by atoms with Crippen LogP contribution in [0.1, 0.15) is 41.4 Å². The molecule has 2 aromatic rings. The number of rotatable bonds is 6. The Morgan fingerprint density at radius 3 is 3.00 bits per heavy atom. The Hall–Kier alpha value is -2.57. The lowest BCUT2D eigenvalue weighted by molar-refractivity contribution is 0.0878. The van der Waals surface area contributed by atoms with Crippen molar-refractivity contribution in [2.75, 3.05) is 32.8 Å².